The number of benzene rings is 1. The molecule has 2 unspecified atom stereocenters. The van der Waals surface area contributed by atoms with E-state index in [0.29, 0.717) is 5.92 Å². The molecule has 0 aromatic heterocycles. The van der Waals surface area contributed by atoms with Crippen molar-refractivity contribution in [3.05, 3.63) is 23.8 Å². The molecule has 0 amide bonds. The quantitative estimate of drug-likeness (QED) is 0.731. The highest BCUT2D eigenvalue weighted by Gasteiger charge is 2.12. The normalized spacial score (nSPS) is 13.8. The number of methoxy groups -OCH3 is 2. The molecule has 0 aliphatic rings. The van der Waals surface area contributed by atoms with Gasteiger partial charge in [-0.15, -0.1) is 0 Å². The monoisotopic (exact) mass is 281 g/mol. The highest BCUT2D eigenvalue weighted by atomic mass is 16.5. The molecular formula is C16H27NO3. The number of rotatable bonds is 9. The maximum absolute atomic E-state index is 9.02. The Morgan fingerprint density at radius 1 is 1.20 bits per heavy atom. The number of aliphatic hydroxyl groups excluding tert-OH is 1. The topological polar surface area (TPSA) is 50.7 Å². The van der Waals surface area contributed by atoms with Crippen LogP contribution >= 0.6 is 0 Å². The Kier molecular flexibility index (Phi) is 7.41. The van der Waals surface area contributed by atoms with E-state index in [1.54, 1.807) is 14.2 Å². The molecular weight excluding hydrogens is 254 g/mol. The molecule has 1 rings (SSSR count). The van der Waals surface area contributed by atoms with Crippen molar-refractivity contribution >= 4 is 0 Å². The van der Waals surface area contributed by atoms with Crippen LogP contribution in [0.5, 0.6) is 11.5 Å². The Labute approximate surface area is 122 Å². The lowest BCUT2D eigenvalue weighted by Gasteiger charge is -2.20. The van der Waals surface area contributed by atoms with Crippen LogP contribution in [0.3, 0.4) is 0 Å². The van der Waals surface area contributed by atoms with E-state index in [1.165, 1.54) is 5.56 Å². The summed E-state index contributed by atoms with van der Waals surface area (Å²) in [6.07, 6.45) is 1.92. The molecule has 0 bridgehead atoms. The molecule has 0 radical (unpaired) electrons. The summed E-state index contributed by atoms with van der Waals surface area (Å²) < 4.78 is 10.6. The zero-order chi connectivity index (χ0) is 15.0. The van der Waals surface area contributed by atoms with Gasteiger partial charge < -0.3 is 19.9 Å². The van der Waals surface area contributed by atoms with Crippen LogP contribution in [0, 0.1) is 5.92 Å². The molecule has 1 aromatic rings. The van der Waals surface area contributed by atoms with Gasteiger partial charge >= 0.3 is 0 Å². The van der Waals surface area contributed by atoms with Crippen LogP contribution in [0.2, 0.25) is 0 Å². The summed E-state index contributed by atoms with van der Waals surface area (Å²) in [4.78, 5) is 0. The number of hydrogen-bond acceptors (Lipinski definition) is 4. The zero-order valence-corrected chi connectivity index (χ0v) is 13.0. The Hall–Kier alpha value is -1.26. The van der Waals surface area contributed by atoms with E-state index in [1.807, 2.05) is 18.2 Å². The van der Waals surface area contributed by atoms with Gasteiger partial charge in [-0.2, -0.15) is 0 Å². The van der Waals surface area contributed by atoms with Gasteiger partial charge in [0.25, 0.3) is 0 Å². The fraction of sp³-hybridized carbons (Fsp3) is 0.625. The standard InChI is InChI=1S/C16H27NO3/c1-5-13(8-9-18)11-17-12(2)14-6-7-15(19-3)16(10-14)20-4/h6-7,10,12-13,17-18H,5,8-9,11H2,1-4H3. The predicted octanol–water partition coefficient (Wildman–Crippen LogP) is 2.76. The fourth-order valence-electron chi connectivity index (χ4n) is 2.22. The maximum atomic E-state index is 9.02. The summed E-state index contributed by atoms with van der Waals surface area (Å²) in [5, 5.41) is 12.5. The minimum absolute atomic E-state index is 0.238. The molecule has 0 spiro atoms. The third kappa shape index (κ3) is 4.69. The van der Waals surface area contributed by atoms with E-state index in [4.69, 9.17) is 14.6 Å². The van der Waals surface area contributed by atoms with Crippen molar-refractivity contribution in [2.45, 2.75) is 32.7 Å². The van der Waals surface area contributed by atoms with Crippen molar-refractivity contribution < 1.29 is 14.6 Å². The lowest BCUT2D eigenvalue weighted by molar-refractivity contribution is 0.249. The van der Waals surface area contributed by atoms with Crippen LogP contribution in [-0.4, -0.2) is 32.5 Å². The zero-order valence-electron chi connectivity index (χ0n) is 13.0. The van der Waals surface area contributed by atoms with Crippen LogP contribution in [0.1, 0.15) is 38.3 Å². The third-order valence-electron chi connectivity index (χ3n) is 3.74. The van der Waals surface area contributed by atoms with Crippen LogP contribution in [0.4, 0.5) is 0 Å². The highest BCUT2D eigenvalue weighted by molar-refractivity contribution is 5.43. The molecule has 0 heterocycles. The molecule has 0 fully saturated rings. The molecule has 4 heteroatoms. The second kappa shape index (κ2) is 8.82. The Morgan fingerprint density at radius 3 is 2.45 bits per heavy atom. The van der Waals surface area contributed by atoms with E-state index in [-0.39, 0.29) is 12.6 Å². The van der Waals surface area contributed by atoms with Gasteiger partial charge in [0, 0.05) is 12.6 Å². The van der Waals surface area contributed by atoms with Crippen molar-refractivity contribution in [2.75, 3.05) is 27.4 Å². The minimum atomic E-state index is 0.238. The molecule has 2 N–H and O–H groups in total. The summed E-state index contributed by atoms with van der Waals surface area (Å²) >= 11 is 0. The van der Waals surface area contributed by atoms with Gasteiger partial charge in [0.15, 0.2) is 11.5 Å². The summed E-state index contributed by atoms with van der Waals surface area (Å²) in [5.74, 6) is 2.01. The van der Waals surface area contributed by atoms with Gasteiger partial charge in [0.1, 0.15) is 0 Å². The molecule has 0 aliphatic heterocycles. The van der Waals surface area contributed by atoms with Crippen LogP contribution in [0.15, 0.2) is 18.2 Å². The van der Waals surface area contributed by atoms with Gasteiger partial charge in [-0.25, -0.2) is 0 Å². The van der Waals surface area contributed by atoms with Crippen molar-refractivity contribution in [3.63, 3.8) is 0 Å². The molecule has 1 aromatic carbocycles. The molecule has 0 aliphatic carbocycles. The Morgan fingerprint density at radius 2 is 1.90 bits per heavy atom. The lowest BCUT2D eigenvalue weighted by atomic mass is 10.0. The van der Waals surface area contributed by atoms with E-state index in [0.717, 1.165) is 30.9 Å². The minimum Gasteiger partial charge on any atom is -0.493 e. The van der Waals surface area contributed by atoms with Crippen molar-refractivity contribution in [3.8, 4) is 11.5 Å². The summed E-state index contributed by atoms with van der Waals surface area (Å²) in [7, 11) is 3.29. The molecule has 20 heavy (non-hydrogen) atoms. The van der Waals surface area contributed by atoms with Gasteiger partial charge in [0.05, 0.1) is 14.2 Å². The Balaban J connectivity index is 2.65. The third-order valence-corrected chi connectivity index (χ3v) is 3.74. The average Bonchev–Trinajstić information content (AvgIpc) is 2.50. The summed E-state index contributed by atoms with van der Waals surface area (Å²) in [5.41, 5.74) is 1.17. The first-order valence-corrected chi connectivity index (χ1v) is 7.22. The fourth-order valence-corrected chi connectivity index (χ4v) is 2.22. The van der Waals surface area contributed by atoms with E-state index >= 15 is 0 Å². The van der Waals surface area contributed by atoms with Crippen LogP contribution < -0.4 is 14.8 Å². The number of ether oxygens (including phenoxy) is 2. The van der Waals surface area contributed by atoms with Crippen molar-refractivity contribution in [1.82, 2.24) is 5.32 Å². The predicted molar refractivity (Wildman–Crippen MR) is 81.4 cm³/mol. The second-order valence-electron chi connectivity index (χ2n) is 5.03. The first-order chi connectivity index (χ1) is 9.65. The van der Waals surface area contributed by atoms with E-state index < -0.39 is 0 Å². The van der Waals surface area contributed by atoms with E-state index in [9.17, 15) is 0 Å². The van der Waals surface area contributed by atoms with Gasteiger partial charge in [-0.05, 0) is 43.5 Å². The summed E-state index contributed by atoms with van der Waals surface area (Å²) in [6.45, 7) is 5.45. The molecule has 114 valence electrons. The van der Waals surface area contributed by atoms with Gasteiger partial charge in [-0.1, -0.05) is 19.4 Å². The Bertz CT molecular complexity index is 395. The smallest absolute Gasteiger partial charge is 0.161 e. The van der Waals surface area contributed by atoms with Gasteiger partial charge in [-0.3, -0.25) is 0 Å². The van der Waals surface area contributed by atoms with Crippen LogP contribution in [0.25, 0.3) is 0 Å². The second-order valence-corrected chi connectivity index (χ2v) is 5.03. The molecule has 0 saturated carbocycles. The SMILES string of the molecule is CCC(CCO)CNC(C)c1ccc(OC)c(OC)c1. The maximum Gasteiger partial charge on any atom is 0.161 e. The number of aliphatic hydroxyl groups is 1. The first kappa shape index (κ1) is 16.8. The number of nitrogens with one attached hydrogen (secondary N) is 1. The molecule has 2 atom stereocenters. The number of hydrogen-bond donors (Lipinski definition) is 2. The van der Waals surface area contributed by atoms with Crippen LogP contribution in [-0.2, 0) is 0 Å². The summed E-state index contributed by atoms with van der Waals surface area (Å²) in [6, 6.07) is 6.22. The van der Waals surface area contributed by atoms with E-state index in [2.05, 4.69) is 19.2 Å². The largest absolute Gasteiger partial charge is 0.493 e. The lowest BCUT2D eigenvalue weighted by Crippen LogP contribution is -2.26. The van der Waals surface area contributed by atoms with Crippen molar-refractivity contribution in [1.29, 1.82) is 0 Å². The first-order valence-electron chi connectivity index (χ1n) is 7.22. The molecule has 4 nitrogen and oxygen atoms in total. The van der Waals surface area contributed by atoms with Gasteiger partial charge in [0.2, 0.25) is 0 Å². The molecule has 0 saturated heterocycles. The average molecular weight is 281 g/mol. The highest BCUT2D eigenvalue weighted by Crippen LogP contribution is 2.29. The van der Waals surface area contributed by atoms with Crippen molar-refractivity contribution in [2.24, 2.45) is 5.92 Å².